The Kier molecular flexibility index (Phi) is 5.21. The number of hydrogen-bond donors (Lipinski definition) is 2. The van der Waals surface area contributed by atoms with E-state index >= 15 is 0 Å². The Morgan fingerprint density at radius 1 is 1.27 bits per heavy atom. The van der Waals surface area contributed by atoms with E-state index in [0.29, 0.717) is 18.3 Å². The van der Waals surface area contributed by atoms with Crippen molar-refractivity contribution >= 4 is 0 Å². The first-order chi connectivity index (χ1) is 10.8. The Morgan fingerprint density at radius 2 is 2.05 bits per heavy atom. The van der Waals surface area contributed by atoms with Gasteiger partial charge in [-0.25, -0.2) is 0 Å². The van der Waals surface area contributed by atoms with E-state index in [0.717, 1.165) is 32.5 Å². The molecule has 1 fully saturated rings. The minimum absolute atomic E-state index is 0.471. The van der Waals surface area contributed by atoms with Gasteiger partial charge in [-0.05, 0) is 55.8 Å². The molecule has 0 bridgehead atoms. The molecule has 0 spiro atoms. The lowest BCUT2D eigenvalue weighted by Crippen LogP contribution is -2.43. The summed E-state index contributed by atoms with van der Waals surface area (Å²) < 4.78 is 5.22. The van der Waals surface area contributed by atoms with Crippen LogP contribution in [0.15, 0.2) is 47.3 Å². The molecule has 1 unspecified atom stereocenters. The van der Waals surface area contributed by atoms with Gasteiger partial charge in [0, 0.05) is 31.5 Å². The van der Waals surface area contributed by atoms with Gasteiger partial charge in [0.2, 0.25) is 0 Å². The molecule has 0 aliphatic carbocycles. The van der Waals surface area contributed by atoms with Gasteiger partial charge in [-0.15, -0.1) is 0 Å². The quantitative estimate of drug-likeness (QED) is 0.854. The Bertz CT molecular complexity index is 536. The second-order valence-electron chi connectivity index (χ2n) is 5.85. The number of aliphatic hydroxyl groups is 1. The number of likely N-dealkylation sites (tertiary alicyclic amines) is 1. The normalized spacial score (nSPS) is 18.4. The van der Waals surface area contributed by atoms with E-state index in [-0.39, 0.29) is 0 Å². The topological polar surface area (TPSA) is 61.5 Å². The van der Waals surface area contributed by atoms with Crippen LogP contribution in [0.2, 0.25) is 0 Å². The number of nitrogens with one attached hydrogen (secondary N) is 1. The molecule has 5 heteroatoms. The third-order valence-corrected chi connectivity index (χ3v) is 4.21. The fourth-order valence-electron chi connectivity index (χ4n) is 2.90. The number of aliphatic hydroxyl groups excluding tert-OH is 1. The molecule has 1 saturated heterocycles. The fraction of sp³-hybridized carbons (Fsp3) is 0.471. The average molecular weight is 301 g/mol. The van der Waals surface area contributed by atoms with E-state index < -0.39 is 6.10 Å². The van der Waals surface area contributed by atoms with Gasteiger partial charge >= 0.3 is 0 Å². The Labute approximate surface area is 131 Å². The van der Waals surface area contributed by atoms with Crippen LogP contribution in [0, 0.1) is 0 Å². The average Bonchev–Trinajstić information content (AvgIpc) is 3.09. The van der Waals surface area contributed by atoms with Gasteiger partial charge in [-0.1, -0.05) is 0 Å². The Hall–Kier alpha value is -1.69. The lowest BCUT2D eigenvalue weighted by atomic mass is 10.0. The molecular weight excluding hydrogens is 278 g/mol. The third-order valence-electron chi connectivity index (χ3n) is 4.21. The summed E-state index contributed by atoms with van der Waals surface area (Å²) in [4.78, 5) is 6.52. The van der Waals surface area contributed by atoms with E-state index in [4.69, 9.17) is 4.42 Å². The molecule has 1 aliphatic rings. The van der Waals surface area contributed by atoms with E-state index in [1.54, 1.807) is 12.3 Å². The molecule has 22 heavy (non-hydrogen) atoms. The summed E-state index contributed by atoms with van der Waals surface area (Å²) in [5.41, 5.74) is 1.31. The standard InChI is InChI=1S/C17H23N3O2/c21-16(17-2-1-11-22-17)12-19-15-5-9-20(10-6-15)13-14-3-7-18-8-4-14/h1-4,7-8,11,15-16,19,21H,5-6,9-10,12-13H2. The summed E-state index contributed by atoms with van der Waals surface area (Å²) >= 11 is 0. The van der Waals surface area contributed by atoms with Gasteiger partial charge in [0.05, 0.1) is 6.26 Å². The maximum Gasteiger partial charge on any atom is 0.133 e. The fourth-order valence-corrected chi connectivity index (χ4v) is 2.90. The number of nitrogens with zero attached hydrogens (tertiary/aromatic N) is 2. The zero-order valence-corrected chi connectivity index (χ0v) is 12.7. The van der Waals surface area contributed by atoms with Crippen LogP contribution in [0.4, 0.5) is 0 Å². The summed E-state index contributed by atoms with van der Waals surface area (Å²) in [5.74, 6) is 0.627. The Morgan fingerprint density at radius 3 is 2.73 bits per heavy atom. The molecule has 3 heterocycles. The van der Waals surface area contributed by atoms with E-state index in [9.17, 15) is 5.11 Å². The van der Waals surface area contributed by atoms with Crippen LogP contribution in [0.5, 0.6) is 0 Å². The highest BCUT2D eigenvalue weighted by Gasteiger charge is 2.20. The molecular formula is C17H23N3O2. The number of aromatic nitrogens is 1. The summed E-state index contributed by atoms with van der Waals surface area (Å²) in [5, 5.41) is 13.5. The smallest absolute Gasteiger partial charge is 0.133 e. The molecule has 0 aromatic carbocycles. The number of piperidine rings is 1. The van der Waals surface area contributed by atoms with Crippen molar-refractivity contribution in [3.8, 4) is 0 Å². The second kappa shape index (κ2) is 7.54. The largest absolute Gasteiger partial charge is 0.467 e. The first-order valence-electron chi connectivity index (χ1n) is 7.87. The summed E-state index contributed by atoms with van der Waals surface area (Å²) in [6.45, 7) is 3.69. The first-order valence-corrected chi connectivity index (χ1v) is 7.87. The molecule has 0 radical (unpaired) electrons. The molecule has 3 rings (SSSR count). The van der Waals surface area contributed by atoms with Gasteiger partial charge < -0.3 is 14.8 Å². The van der Waals surface area contributed by atoms with Crippen LogP contribution < -0.4 is 5.32 Å². The van der Waals surface area contributed by atoms with E-state index in [1.807, 2.05) is 18.5 Å². The molecule has 0 amide bonds. The predicted molar refractivity (Wildman–Crippen MR) is 84.2 cm³/mol. The molecule has 0 saturated carbocycles. The second-order valence-corrected chi connectivity index (χ2v) is 5.85. The molecule has 5 nitrogen and oxygen atoms in total. The highest BCUT2D eigenvalue weighted by molar-refractivity contribution is 5.09. The van der Waals surface area contributed by atoms with Crippen molar-refractivity contribution in [2.24, 2.45) is 0 Å². The molecule has 2 aromatic heterocycles. The first kappa shape index (κ1) is 15.2. The van der Waals surface area contributed by atoms with Crippen LogP contribution in [0.1, 0.15) is 30.3 Å². The van der Waals surface area contributed by atoms with E-state index in [1.165, 1.54) is 5.56 Å². The maximum absolute atomic E-state index is 10.0. The van der Waals surface area contributed by atoms with Gasteiger partial charge in [-0.3, -0.25) is 9.88 Å². The maximum atomic E-state index is 10.0. The highest BCUT2D eigenvalue weighted by Crippen LogP contribution is 2.16. The molecule has 118 valence electrons. The van der Waals surface area contributed by atoms with Crippen molar-refractivity contribution in [1.82, 2.24) is 15.2 Å². The summed E-state index contributed by atoms with van der Waals surface area (Å²) in [7, 11) is 0. The van der Waals surface area contributed by atoms with Crippen molar-refractivity contribution in [3.63, 3.8) is 0 Å². The minimum atomic E-state index is -0.565. The van der Waals surface area contributed by atoms with Gasteiger partial charge in [0.25, 0.3) is 0 Å². The van der Waals surface area contributed by atoms with Crippen LogP contribution in [0.25, 0.3) is 0 Å². The SMILES string of the molecule is OC(CNC1CCN(Cc2ccncc2)CC1)c1ccco1. The van der Waals surface area contributed by atoms with Crippen molar-refractivity contribution in [3.05, 3.63) is 54.2 Å². The highest BCUT2D eigenvalue weighted by atomic mass is 16.4. The van der Waals surface area contributed by atoms with E-state index in [2.05, 4.69) is 27.3 Å². The van der Waals surface area contributed by atoms with Crippen LogP contribution in [0.3, 0.4) is 0 Å². The Balaban J connectivity index is 1.38. The summed E-state index contributed by atoms with van der Waals surface area (Å²) in [6, 6.07) is 8.23. The van der Waals surface area contributed by atoms with Crippen LogP contribution >= 0.6 is 0 Å². The molecule has 2 N–H and O–H groups in total. The number of hydrogen-bond acceptors (Lipinski definition) is 5. The van der Waals surface area contributed by atoms with Crippen molar-refractivity contribution in [2.45, 2.75) is 31.5 Å². The zero-order valence-electron chi connectivity index (χ0n) is 12.7. The molecule has 2 aromatic rings. The third kappa shape index (κ3) is 4.16. The minimum Gasteiger partial charge on any atom is -0.467 e. The van der Waals surface area contributed by atoms with Gasteiger partial charge in [0.15, 0.2) is 0 Å². The summed E-state index contributed by atoms with van der Waals surface area (Å²) in [6.07, 6.45) is 6.94. The number of rotatable bonds is 6. The number of pyridine rings is 1. The van der Waals surface area contributed by atoms with Crippen LogP contribution in [-0.4, -0.2) is 40.7 Å². The van der Waals surface area contributed by atoms with Gasteiger partial charge in [-0.2, -0.15) is 0 Å². The van der Waals surface area contributed by atoms with Crippen molar-refractivity contribution in [1.29, 1.82) is 0 Å². The molecule has 1 aliphatic heterocycles. The predicted octanol–water partition coefficient (Wildman–Crippen LogP) is 1.96. The molecule has 1 atom stereocenters. The lowest BCUT2D eigenvalue weighted by Gasteiger charge is -2.32. The van der Waals surface area contributed by atoms with Gasteiger partial charge in [0.1, 0.15) is 11.9 Å². The number of furan rings is 1. The van der Waals surface area contributed by atoms with Crippen molar-refractivity contribution in [2.75, 3.05) is 19.6 Å². The lowest BCUT2D eigenvalue weighted by molar-refractivity contribution is 0.131. The monoisotopic (exact) mass is 301 g/mol. The zero-order chi connectivity index (χ0) is 15.2. The van der Waals surface area contributed by atoms with Crippen LogP contribution in [-0.2, 0) is 6.54 Å². The van der Waals surface area contributed by atoms with Crippen molar-refractivity contribution < 1.29 is 9.52 Å².